The highest BCUT2D eigenvalue weighted by atomic mass is 16.4. The predicted molar refractivity (Wildman–Crippen MR) is 74.5 cm³/mol. The fraction of sp³-hybridized carbons (Fsp3) is 0.533. The van der Waals surface area contributed by atoms with Crippen molar-refractivity contribution < 1.29 is 14.3 Å². The Hall–Kier alpha value is -1.55. The van der Waals surface area contributed by atoms with Crippen molar-refractivity contribution in [2.75, 3.05) is 6.54 Å². The molecule has 0 aliphatic carbocycles. The van der Waals surface area contributed by atoms with Crippen LogP contribution in [0, 0.1) is 5.41 Å². The van der Waals surface area contributed by atoms with Crippen LogP contribution in [0.25, 0.3) is 0 Å². The first-order valence-electron chi connectivity index (χ1n) is 6.36. The number of nitrogens with one attached hydrogen (secondary N) is 1. The molecule has 0 saturated carbocycles. The fourth-order valence-corrected chi connectivity index (χ4v) is 1.40. The number of aliphatic hydroxyl groups is 1. The number of carbonyl (C=O) groups excluding carboxylic acids is 1. The summed E-state index contributed by atoms with van der Waals surface area (Å²) in [5.74, 6) is 0.226. The normalized spacial score (nSPS) is 16.0. The van der Waals surface area contributed by atoms with Crippen molar-refractivity contribution in [3.05, 3.63) is 35.8 Å². The smallest absolute Gasteiger partial charge is 0.244 e. The van der Waals surface area contributed by atoms with E-state index in [2.05, 4.69) is 5.32 Å². The van der Waals surface area contributed by atoms with E-state index in [1.165, 1.54) is 6.26 Å². The van der Waals surface area contributed by atoms with Crippen LogP contribution >= 0.6 is 0 Å². The van der Waals surface area contributed by atoms with Crippen LogP contribution in [0.5, 0.6) is 0 Å². The van der Waals surface area contributed by atoms with E-state index in [0.29, 0.717) is 5.76 Å². The molecule has 0 fully saturated rings. The van der Waals surface area contributed by atoms with Gasteiger partial charge in [-0.25, -0.2) is 0 Å². The molecule has 1 atom stereocenters. The Labute approximate surface area is 114 Å². The number of hydrogen-bond acceptors (Lipinski definition) is 3. The van der Waals surface area contributed by atoms with Crippen LogP contribution in [0.3, 0.4) is 0 Å². The van der Waals surface area contributed by atoms with Crippen molar-refractivity contribution >= 4 is 5.91 Å². The summed E-state index contributed by atoms with van der Waals surface area (Å²) < 4.78 is 5.15. The van der Waals surface area contributed by atoms with Gasteiger partial charge in [-0.3, -0.25) is 4.79 Å². The van der Waals surface area contributed by atoms with Gasteiger partial charge in [0.25, 0.3) is 0 Å². The van der Waals surface area contributed by atoms with E-state index >= 15 is 0 Å². The van der Waals surface area contributed by atoms with Crippen LogP contribution in [-0.2, 0) is 10.4 Å². The standard InChI is InChI=1S/C15H23NO3/c1-11(14(2,3)4)9-13(17)16-10-15(5,18)12-7-6-8-19-12/h6-9,18H,10H2,1-5H3,(H,16,17). The quantitative estimate of drug-likeness (QED) is 0.823. The molecule has 0 bridgehead atoms. The zero-order chi connectivity index (χ0) is 14.7. The van der Waals surface area contributed by atoms with E-state index in [0.717, 1.165) is 5.57 Å². The largest absolute Gasteiger partial charge is 0.466 e. The molecular formula is C15H23NO3. The minimum absolute atomic E-state index is 0.0408. The van der Waals surface area contributed by atoms with E-state index in [1.54, 1.807) is 25.1 Å². The molecule has 2 N–H and O–H groups in total. The van der Waals surface area contributed by atoms with Crippen molar-refractivity contribution in [1.29, 1.82) is 0 Å². The van der Waals surface area contributed by atoms with Gasteiger partial charge >= 0.3 is 0 Å². The number of furan rings is 1. The summed E-state index contributed by atoms with van der Waals surface area (Å²) in [5.41, 5.74) is -0.258. The third-order valence-electron chi connectivity index (χ3n) is 3.19. The summed E-state index contributed by atoms with van der Waals surface area (Å²) in [6.07, 6.45) is 3.06. The number of amides is 1. The SMILES string of the molecule is CC(=CC(=O)NCC(C)(O)c1ccco1)C(C)(C)C. The van der Waals surface area contributed by atoms with Crippen LogP contribution in [-0.4, -0.2) is 17.6 Å². The first kappa shape index (κ1) is 15.5. The van der Waals surface area contributed by atoms with Crippen molar-refractivity contribution in [1.82, 2.24) is 5.32 Å². The second-order valence-corrected chi connectivity index (χ2v) is 6.05. The lowest BCUT2D eigenvalue weighted by atomic mass is 9.87. The maximum Gasteiger partial charge on any atom is 0.244 e. The molecule has 0 aliphatic heterocycles. The monoisotopic (exact) mass is 265 g/mol. The van der Waals surface area contributed by atoms with Gasteiger partial charge in [0.2, 0.25) is 5.91 Å². The Kier molecular flexibility index (Phi) is 4.58. The van der Waals surface area contributed by atoms with Crippen molar-refractivity contribution in [3.63, 3.8) is 0 Å². The zero-order valence-corrected chi connectivity index (χ0v) is 12.3. The predicted octanol–water partition coefficient (Wildman–Crippen LogP) is 2.60. The molecule has 1 rings (SSSR count). The maximum atomic E-state index is 11.8. The van der Waals surface area contributed by atoms with Crippen LogP contribution < -0.4 is 5.32 Å². The first-order chi connectivity index (χ1) is 8.63. The van der Waals surface area contributed by atoms with Gasteiger partial charge in [0, 0.05) is 6.08 Å². The van der Waals surface area contributed by atoms with Crippen molar-refractivity contribution in [2.24, 2.45) is 5.41 Å². The average Bonchev–Trinajstić information content (AvgIpc) is 2.79. The van der Waals surface area contributed by atoms with Crippen LogP contribution in [0.2, 0.25) is 0 Å². The van der Waals surface area contributed by atoms with Gasteiger partial charge in [-0.2, -0.15) is 0 Å². The lowest BCUT2D eigenvalue weighted by Gasteiger charge is -2.22. The highest BCUT2D eigenvalue weighted by molar-refractivity contribution is 5.88. The molecule has 0 spiro atoms. The Balaban J connectivity index is 2.61. The minimum Gasteiger partial charge on any atom is -0.466 e. The summed E-state index contributed by atoms with van der Waals surface area (Å²) in [6.45, 7) is 9.77. The molecule has 0 aliphatic rings. The first-order valence-corrected chi connectivity index (χ1v) is 6.36. The lowest BCUT2D eigenvalue weighted by molar-refractivity contribution is -0.117. The molecule has 1 heterocycles. The van der Waals surface area contributed by atoms with E-state index in [1.807, 2.05) is 27.7 Å². The zero-order valence-electron chi connectivity index (χ0n) is 12.3. The number of rotatable bonds is 4. The summed E-state index contributed by atoms with van der Waals surface area (Å²) in [7, 11) is 0. The molecular weight excluding hydrogens is 242 g/mol. The molecule has 0 saturated heterocycles. The van der Waals surface area contributed by atoms with Crippen molar-refractivity contribution in [3.8, 4) is 0 Å². The second-order valence-electron chi connectivity index (χ2n) is 6.05. The van der Waals surface area contributed by atoms with Crippen LogP contribution in [0.1, 0.15) is 40.4 Å². The molecule has 106 valence electrons. The molecule has 1 aromatic heterocycles. The van der Waals surface area contributed by atoms with Crippen LogP contribution in [0.4, 0.5) is 0 Å². The molecule has 4 nitrogen and oxygen atoms in total. The van der Waals surface area contributed by atoms with Gasteiger partial charge in [0.05, 0.1) is 12.8 Å². The summed E-state index contributed by atoms with van der Waals surface area (Å²) >= 11 is 0. The molecule has 4 heteroatoms. The van der Waals surface area contributed by atoms with Gasteiger partial charge in [0.1, 0.15) is 11.4 Å². The van der Waals surface area contributed by atoms with E-state index < -0.39 is 5.60 Å². The topological polar surface area (TPSA) is 62.5 Å². The minimum atomic E-state index is -1.21. The summed E-state index contributed by atoms with van der Waals surface area (Å²) in [6, 6.07) is 3.39. The number of carbonyl (C=O) groups is 1. The average molecular weight is 265 g/mol. The highest BCUT2D eigenvalue weighted by Crippen LogP contribution is 2.24. The van der Waals surface area contributed by atoms with Gasteiger partial charge in [0.15, 0.2) is 0 Å². The van der Waals surface area contributed by atoms with Crippen molar-refractivity contribution in [2.45, 2.75) is 40.2 Å². The Morgan fingerprint density at radius 3 is 2.53 bits per heavy atom. The Morgan fingerprint density at radius 1 is 1.42 bits per heavy atom. The second kappa shape index (κ2) is 5.61. The molecule has 1 aromatic rings. The summed E-state index contributed by atoms with van der Waals surface area (Å²) in [5, 5.41) is 12.9. The van der Waals surface area contributed by atoms with E-state index in [9.17, 15) is 9.90 Å². The van der Waals surface area contributed by atoms with Crippen LogP contribution in [0.15, 0.2) is 34.5 Å². The number of hydrogen-bond donors (Lipinski definition) is 2. The molecule has 0 aromatic carbocycles. The van der Waals surface area contributed by atoms with Gasteiger partial charge in [-0.05, 0) is 31.4 Å². The molecule has 0 radical (unpaired) electrons. The summed E-state index contributed by atoms with van der Waals surface area (Å²) in [4.78, 5) is 11.8. The third kappa shape index (κ3) is 4.56. The molecule has 1 unspecified atom stereocenters. The van der Waals surface area contributed by atoms with Gasteiger partial charge < -0.3 is 14.8 Å². The lowest BCUT2D eigenvalue weighted by Crippen LogP contribution is -2.37. The fourth-order valence-electron chi connectivity index (χ4n) is 1.40. The van der Waals surface area contributed by atoms with Gasteiger partial charge in [-0.1, -0.05) is 26.3 Å². The van der Waals surface area contributed by atoms with E-state index in [4.69, 9.17) is 4.42 Å². The number of allylic oxidation sites excluding steroid dienone is 1. The highest BCUT2D eigenvalue weighted by Gasteiger charge is 2.26. The Bertz CT molecular complexity index is 450. The van der Waals surface area contributed by atoms with Gasteiger partial charge in [-0.15, -0.1) is 0 Å². The Morgan fingerprint density at radius 2 is 2.05 bits per heavy atom. The third-order valence-corrected chi connectivity index (χ3v) is 3.19. The van der Waals surface area contributed by atoms with E-state index in [-0.39, 0.29) is 17.9 Å². The molecule has 19 heavy (non-hydrogen) atoms. The maximum absolute atomic E-state index is 11.8. The molecule has 1 amide bonds.